The maximum Gasteiger partial charge on any atom is 0.0608 e. The summed E-state index contributed by atoms with van der Waals surface area (Å²) in [6.07, 6.45) is 0. The number of benzene rings is 1. The van der Waals surface area contributed by atoms with Gasteiger partial charge in [0.15, 0.2) is 0 Å². The maximum absolute atomic E-state index is 6.14. The quantitative estimate of drug-likeness (QED) is 0.592. The van der Waals surface area contributed by atoms with Gasteiger partial charge in [0.2, 0.25) is 0 Å². The predicted octanol–water partition coefficient (Wildman–Crippen LogP) is 3.62. The van der Waals surface area contributed by atoms with Gasteiger partial charge in [0.05, 0.1) is 5.38 Å². The van der Waals surface area contributed by atoms with Crippen LogP contribution in [0.25, 0.3) is 0 Å². The Balaban J connectivity index is 2.77. The molecule has 11 heavy (non-hydrogen) atoms. The predicted molar refractivity (Wildman–Crippen MR) is 49.9 cm³/mol. The zero-order valence-corrected chi connectivity index (χ0v) is 7.68. The van der Waals surface area contributed by atoms with E-state index in [1.54, 1.807) is 0 Å². The molecule has 0 aromatic heterocycles. The first-order valence-corrected chi connectivity index (χ1v) is 4.34. The van der Waals surface area contributed by atoms with Crippen LogP contribution >= 0.6 is 11.6 Å². The van der Waals surface area contributed by atoms with Crippen LogP contribution in [0.4, 0.5) is 0 Å². The fraction of sp³-hybridized carbons (Fsp3) is 0.400. The van der Waals surface area contributed by atoms with Crippen molar-refractivity contribution >= 4 is 11.6 Å². The van der Waals surface area contributed by atoms with Crippen LogP contribution in [0.3, 0.4) is 0 Å². The molecule has 0 bridgehead atoms. The molecule has 1 rings (SSSR count). The third-order valence-electron chi connectivity index (χ3n) is 1.70. The van der Waals surface area contributed by atoms with Gasteiger partial charge in [-0.15, -0.1) is 11.6 Å². The molecule has 0 saturated carbocycles. The molecule has 0 saturated heterocycles. The molecule has 0 aliphatic carbocycles. The van der Waals surface area contributed by atoms with Crippen molar-refractivity contribution in [1.29, 1.82) is 0 Å². The summed E-state index contributed by atoms with van der Waals surface area (Å²) in [5.74, 6) is 0.499. The first-order valence-electron chi connectivity index (χ1n) is 3.91. The van der Waals surface area contributed by atoms with Gasteiger partial charge in [-0.05, 0) is 11.5 Å². The van der Waals surface area contributed by atoms with E-state index in [-0.39, 0.29) is 5.38 Å². The second-order valence-corrected chi connectivity index (χ2v) is 3.53. The lowest BCUT2D eigenvalue weighted by molar-refractivity contribution is 0.624. The van der Waals surface area contributed by atoms with Crippen LogP contribution in [0, 0.1) is 5.92 Å². The summed E-state index contributed by atoms with van der Waals surface area (Å²) in [5, 5.41) is 0.149. The summed E-state index contributed by atoms with van der Waals surface area (Å²) >= 11 is 6.14. The van der Waals surface area contributed by atoms with Gasteiger partial charge >= 0.3 is 0 Å². The zero-order valence-electron chi connectivity index (χ0n) is 6.92. The molecular formula is C10H13Cl. The van der Waals surface area contributed by atoms with E-state index in [9.17, 15) is 0 Å². The summed E-state index contributed by atoms with van der Waals surface area (Å²) < 4.78 is 0. The summed E-state index contributed by atoms with van der Waals surface area (Å²) in [5.41, 5.74) is 1.21. The molecule has 1 heteroatoms. The second kappa shape index (κ2) is 3.77. The monoisotopic (exact) mass is 168 g/mol. The Morgan fingerprint density at radius 3 is 2.09 bits per heavy atom. The van der Waals surface area contributed by atoms with Gasteiger partial charge in [-0.2, -0.15) is 0 Å². The summed E-state index contributed by atoms with van der Waals surface area (Å²) in [7, 11) is 0. The third kappa shape index (κ3) is 2.23. The Labute approximate surface area is 73.2 Å². The van der Waals surface area contributed by atoms with Crippen molar-refractivity contribution in [2.45, 2.75) is 19.2 Å². The zero-order chi connectivity index (χ0) is 8.27. The minimum Gasteiger partial charge on any atom is -0.118 e. The average molecular weight is 169 g/mol. The molecule has 0 unspecified atom stereocenters. The first-order chi connectivity index (χ1) is 5.22. The van der Waals surface area contributed by atoms with Crippen molar-refractivity contribution in [3.63, 3.8) is 0 Å². The highest BCUT2D eigenvalue weighted by Gasteiger charge is 2.10. The molecule has 0 N–H and O–H groups in total. The second-order valence-electron chi connectivity index (χ2n) is 3.06. The van der Waals surface area contributed by atoms with Crippen LogP contribution in [-0.4, -0.2) is 0 Å². The van der Waals surface area contributed by atoms with Crippen molar-refractivity contribution < 1.29 is 0 Å². The van der Waals surface area contributed by atoms with Gasteiger partial charge in [-0.3, -0.25) is 0 Å². The van der Waals surface area contributed by atoms with Gasteiger partial charge in [0, 0.05) is 0 Å². The topological polar surface area (TPSA) is 0 Å². The molecule has 0 heterocycles. The molecule has 1 aromatic rings. The van der Waals surface area contributed by atoms with Crippen molar-refractivity contribution in [1.82, 2.24) is 0 Å². The van der Waals surface area contributed by atoms with Crippen molar-refractivity contribution in [2.24, 2.45) is 5.92 Å². The highest BCUT2D eigenvalue weighted by atomic mass is 35.5. The number of halogens is 1. The lowest BCUT2D eigenvalue weighted by Gasteiger charge is -2.12. The molecule has 0 aliphatic rings. The van der Waals surface area contributed by atoms with Gasteiger partial charge in [-0.1, -0.05) is 44.2 Å². The molecule has 0 amide bonds. The number of hydrogen-bond donors (Lipinski definition) is 0. The Morgan fingerprint density at radius 1 is 1.09 bits per heavy atom. The van der Waals surface area contributed by atoms with Gasteiger partial charge in [-0.25, -0.2) is 0 Å². The van der Waals surface area contributed by atoms with Crippen molar-refractivity contribution in [3.8, 4) is 0 Å². The van der Waals surface area contributed by atoms with Crippen molar-refractivity contribution in [3.05, 3.63) is 35.9 Å². The van der Waals surface area contributed by atoms with E-state index < -0.39 is 0 Å². The standard InChI is InChI=1S/C10H13Cl/c1-8(2)10(11)9-6-4-3-5-7-9/h3-8,10H,1-2H3/t10-/m1/s1. The minimum atomic E-state index is 0.149. The van der Waals surface area contributed by atoms with Crippen molar-refractivity contribution in [2.75, 3.05) is 0 Å². The molecular weight excluding hydrogens is 156 g/mol. The summed E-state index contributed by atoms with van der Waals surface area (Å²) in [6.45, 7) is 4.26. The normalized spacial score (nSPS) is 13.5. The van der Waals surface area contributed by atoms with E-state index >= 15 is 0 Å². The Kier molecular flexibility index (Phi) is 2.95. The third-order valence-corrected chi connectivity index (χ3v) is 2.46. The van der Waals surface area contributed by atoms with E-state index in [2.05, 4.69) is 26.0 Å². The molecule has 1 aromatic carbocycles. The molecule has 0 nitrogen and oxygen atoms in total. The Hall–Kier alpha value is -0.490. The molecule has 1 atom stereocenters. The van der Waals surface area contributed by atoms with E-state index in [4.69, 9.17) is 11.6 Å². The number of alkyl halides is 1. The molecule has 0 aliphatic heterocycles. The van der Waals surface area contributed by atoms with Crippen LogP contribution in [0.15, 0.2) is 30.3 Å². The molecule has 0 spiro atoms. The first kappa shape index (κ1) is 8.61. The SMILES string of the molecule is CC(C)[C@@H](Cl)c1ccccc1. The van der Waals surface area contributed by atoms with Gasteiger partial charge in [0.1, 0.15) is 0 Å². The van der Waals surface area contributed by atoms with Crippen LogP contribution in [-0.2, 0) is 0 Å². The van der Waals surface area contributed by atoms with Crippen LogP contribution in [0.5, 0.6) is 0 Å². The van der Waals surface area contributed by atoms with Gasteiger partial charge < -0.3 is 0 Å². The Bertz CT molecular complexity index is 203. The highest BCUT2D eigenvalue weighted by Crippen LogP contribution is 2.27. The fourth-order valence-electron chi connectivity index (χ4n) is 1.02. The largest absolute Gasteiger partial charge is 0.118 e. The van der Waals surface area contributed by atoms with E-state index in [0.29, 0.717) is 5.92 Å². The van der Waals surface area contributed by atoms with Crippen LogP contribution in [0.1, 0.15) is 24.8 Å². The number of rotatable bonds is 2. The molecule has 60 valence electrons. The average Bonchev–Trinajstić information content (AvgIpc) is 2.05. The van der Waals surface area contributed by atoms with E-state index in [0.717, 1.165) is 0 Å². The fourth-order valence-corrected chi connectivity index (χ4v) is 1.17. The van der Waals surface area contributed by atoms with E-state index in [1.807, 2.05) is 18.2 Å². The summed E-state index contributed by atoms with van der Waals surface area (Å²) in [6, 6.07) is 10.2. The smallest absolute Gasteiger partial charge is 0.0608 e. The number of hydrogen-bond acceptors (Lipinski definition) is 0. The highest BCUT2D eigenvalue weighted by molar-refractivity contribution is 6.20. The Morgan fingerprint density at radius 2 is 1.64 bits per heavy atom. The minimum absolute atomic E-state index is 0.149. The summed E-state index contributed by atoms with van der Waals surface area (Å²) in [4.78, 5) is 0. The van der Waals surface area contributed by atoms with Gasteiger partial charge in [0.25, 0.3) is 0 Å². The lowest BCUT2D eigenvalue weighted by Crippen LogP contribution is -1.98. The van der Waals surface area contributed by atoms with Crippen LogP contribution < -0.4 is 0 Å². The lowest BCUT2D eigenvalue weighted by atomic mass is 10.0. The maximum atomic E-state index is 6.14. The van der Waals surface area contributed by atoms with E-state index in [1.165, 1.54) is 5.56 Å². The molecule has 0 radical (unpaired) electrons. The van der Waals surface area contributed by atoms with Crippen LogP contribution in [0.2, 0.25) is 0 Å². The molecule has 0 fully saturated rings.